The summed E-state index contributed by atoms with van der Waals surface area (Å²) in [5.74, 6) is 0. The molecule has 3 nitrogen and oxygen atoms in total. The minimum absolute atomic E-state index is 0.534. The molecule has 100 valence electrons. The van der Waals surface area contributed by atoms with E-state index in [4.69, 9.17) is 4.74 Å². The molecule has 2 aliphatic rings. The molecule has 0 aromatic heterocycles. The Kier molecular flexibility index (Phi) is 5.26. The SMILES string of the molecule is CCC1CNC(C)CN1CCC1CCCCO1. The molecule has 0 saturated carbocycles. The minimum atomic E-state index is 0.534. The molecule has 2 saturated heterocycles. The Morgan fingerprint density at radius 3 is 2.94 bits per heavy atom. The zero-order chi connectivity index (χ0) is 12.1. The van der Waals surface area contributed by atoms with Gasteiger partial charge < -0.3 is 10.1 Å². The van der Waals surface area contributed by atoms with Crippen molar-refractivity contribution in [2.24, 2.45) is 0 Å². The summed E-state index contributed by atoms with van der Waals surface area (Å²) < 4.78 is 5.82. The highest BCUT2D eigenvalue weighted by molar-refractivity contribution is 4.83. The normalized spacial score (nSPS) is 36.0. The Labute approximate surface area is 106 Å². The van der Waals surface area contributed by atoms with Crippen LogP contribution in [0.5, 0.6) is 0 Å². The molecular weight excluding hydrogens is 212 g/mol. The summed E-state index contributed by atoms with van der Waals surface area (Å²) in [6.45, 7) is 9.14. The molecule has 2 aliphatic heterocycles. The molecular formula is C14H28N2O. The molecule has 0 radical (unpaired) electrons. The summed E-state index contributed by atoms with van der Waals surface area (Å²) in [6, 6.07) is 1.37. The van der Waals surface area contributed by atoms with E-state index >= 15 is 0 Å². The zero-order valence-corrected chi connectivity index (χ0v) is 11.5. The Balaban J connectivity index is 1.74. The highest BCUT2D eigenvalue weighted by Crippen LogP contribution is 2.18. The van der Waals surface area contributed by atoms with Crippen LogP contribution < -0.4 is 5.32 Å². The molecule has 1 N–H and O–H groups in total. The van der Waals surface area contributed by atoms with Gasteiger partial charge in [-0.1, -0.05) is 6.92 Å². The number of nitrogens with one attached hydrogen (secondary N) is 1. The Bertz CT molecular complexity index is 216. The summed E-state index contributed by atoms with van der Waals surface area (Å²) in [4.78, 5) is 2.67. The molecule has 17 heavy (non-hydrogen) atoms. The average molecular weight is 240 g/mol. The Hall–Kier alpha value is -0.120. The number of piperazine rings is 1. The fraction of sp³-hybridized carbons (Fsp3) is 1.00. The van der Waals surface area contributed by atoms with Crippen molar-refractivity contribution in [3.8, 4) is 0 Å². The summed E-state index contributed by atoms with van der Waals surface area (Å²) in [5, 5.41) is 3.58. The van der Waals surface area contributed by atoms with Crippen LogP contribution in [0.15, 0.2) is 0 Å². The van der Waals surface area contributed by atoms with E-state index < -0.39 is 0 Å². The monoisotopic (exact) mass is 240 g/mol. The van der Waals surface area contributed by atoms with Crippen molar-refractivity contribution < 1.29 is 4.74 Å². The lowest BCUT2D eigenvalue weighted by atomic mass is 10.0. The molecule has 0 aliphatic carbocycles. The maximum atomic E-state index is 5.82. The first-order chi connectivity index (χ1) is 8.29. The molecule has 0 spiro atoms. The van der Waals surface area contributed by atoms with Gasteiger partial charge in [0, 0.05) is 38.3 Å². The molecule has 0 aromatic carbocycles. The maximum absolute atomic E-state index is 5.82. The van der Waals surface area contributed by atoms with E-state index in [0.717, 1.165) is 19.2 Å². The quantitative estimate of drug-likeness (QED) is 0.813. The van der Waals surface area contributed by atoms with Gasteiger partial charge in [-0.3, -0.25) is 4.90 Å². The maximum Gasteiger partial charge on any atom is 0.0587 e. The van der Waals surface area contributed by atoms with E-state index in [-0.39, 0.29) is 0 Å². The van der Waals surface area contributed by atoms with Gasteiger partial charge in [-0.2, -0.15) is 0 Å². The molecule has 0 amide bonds. The van der Waals surface area contributed by atoms with E-state index in [2.05, 4.69) is 24.1 Å². The third-order valence-corrected chi connectivity index (χ3v) is 4.21. The van der Waals surface area contributed by atoms with E-state index in [1.54, 1.807) is 0 Å². The zero-order valence-electron chi connectivity index (χ0n) is 11.5. The van der Waals surface area contributed by atoms with E-state index in [9.17, 15) is 0 Å². The van der Waals surface area contributed by atoms with Crippen molar-refractivity contribution in [3.05, 3.63) is 0 Å². The third kappa shape index (κ3) is 3.94. The van der Waals surface area contributed by atoms with Gasteiger partial charge in [-0.15, -0.1) is 0 Å². The van der Waals surface area contributed by atoms with Crippen molar-refractivity contribution in [2.75, 3.05) is 26.2 Å². The van der Waals surface area contributed by atoms with E-state index in [0.29, 0.717) is 12.1 Å². The van der Waals surface area contributed by atoms with Crippen LogP contribution in [0.4, 0.5) is 0 Å². The van der Waals surface area contributed by atoms with Crippen molar-refractivity contribution >= 4 is 0 Å². The van der Waals surface area contributed by atoms with Gasteiger partial charge >= 0.3 is 0 Å². The van der Waals surface area contributed by atoms with Crippen molar-refractivity contribution in [2.45, 2.75) is 64.1 Å². The smallest absolute Gasteiger partial charge is 0.0587 e. The Morgan fingerprint density at radius 1 is 1.35 bits per heavy atom. The first-order valence-electron chi connectivity index (χ1n) is 7.38. The second kappa shape index (κ2) is 6.72. The van der Waals surface area contributed by atoms with Crippen LogP contribution in [0.2, 0.25) is 0 Å². The molecule has 2 rings (SSSR count). The average Bonchev–Trinajstić information content (AvgIpc) is 2.38. The highest BCUT2D eigenvalue weighted by Gasteiger charge is 2.25. The van der Waals surface area contributed by atoms with Gasteiger partial charge in [0.1, 0.15) is 0 Å². The third-order valence-electron chi connectivity index (χ3n) is 4.21. The van der Waals surface area contributed by atoms with Gasteiger partial charge in [0.25, 0.3) is 0 Å². The predicted molar refractivity (Wildman–Crippen MR) is 71.3 cm³/mol. The lowest BCUT2D eigenvalue weighted by Crippen LogP contribution is -2.55. The largest absolute Gasteiger partial charge is 0.378 e. The van der Waals surface area contributed by atoms with Gasteiger partial charge in [0.15, 0.2) is 0 Å². The van der Waals surface area contributed by atoms with E-state index in [1.807, 2.05) is 0 Å². The van der Waals surface area contributed by atoms with Crippen molar-refractivity contribution in [3.63, 3.8) is 0 Å². The minimum Gasteiger partial charge on any atom is -0.378 e. The van der Waals surface area contributed by atoms with Crippen LogP contribution in [0.1, 0.15) is 46.0 Å². The number of rotatable bonds is 4. The van der Waals surface area contributed by atoms with Crippen LogP contribution in [-0.2, 0) is 4.74 Å². The number of ether oxygens (including phenoxy) is 1. The molecule has 2 fully saturated rings. The molecule has 2 heterocycles. The van der Waals surface area contributed by atoms with Gasteiger partial charge in [-0.25, -0.2) is 0 Å². The molecule has 3 unspecified atom stereocenters. The van der Waals surface area contributed by atoms with Crippen LogP contribution in [0, 0.1) is 0 Å². The molecule has 3 atom stereocenters. The summed E-state index contributed by atoms with van der Waals surface area (Å²) in [5.41, 5.74) is 0. The standard InChI is InChI=1S/C14H28N2O/c1-3-13-10-15-12(2)11-16(13)8-7-14-6-4-5-9-17-14/h12-15H,3-11H2,1-2H3. The topological polar surface area (TPSA) is 24.5 Å². The first-order valence-corrected chi connectivity index (χ1v) is 7.38. The molecule has 0 aromatic rings. The Morgan fingerprint density at radius 2 is 2.24 bits per heavy atom. The summed E-state index contributed by atoms with van der Waals surface area (Å²) >= 11 is 0. The number of nitrogens with zero attached hydrogens (tertiary/aromatic N) is 1. The molecule has 3 heteroatoms. The first kappa shape index (κ1) is 13.3. The lowest BCUT2D eigenvalue weighted by molar-refractivity contribution is -0.0000448. The van der Waals surface area contributed by atoms with E-state index in [1.165, 1.54) is 45.2 Å². The fourth-order valence-electron chi connectivity index (χ4n) is 3.05. The highest BCUT2D eigenvalue weighted by atomic mass is 16.5. The molecule has 0 bridgehead atoms. The second-order valence-electron chi connectivity index (χ2n) is 5.64. The fourth-order valence-corrected chi connectivity index (χ4v) is 3.05. The second-order valence-corrected chi connectivity index (χ2v) is 5.64. The lowest BCUT2D eigenvalue weighted by Gasteiger charge is -2.39. The summed E-state index contributed by atoms with van der Waals surface area (Å²) in [6.07, 6.45) is 6.91. The van der Waals surface area contributed by atoms with Gasteiger partial charge in [-0.05, 0) is 39.0 Å². The van der Waals surface area contributed by atoms with Crippen LogP contribution in [0.3, 0.4) is 0 Å². The van der Waals surface area contributed by atoms with Gasteiger partial charge in [0.2, 0.25) is 0 Å². The van der Waals surface area contributed by atoms with Crippen LogP contribution in [0.25, 0.3) is 0 Å². The predicted octanol–water partition coefficient (Wildman–Crippen LogP) is 2.02. The number of hydrogen-bond donors (Lipinski definition) is 1. The number of hydrogen-bond acceptors (Lipinski definition) is 3. The van der Waals surface area contributed by atoms with Crippen LogP contribution >= 0.6 is 0 Å². The summed E-state index contributed by atoms with van der Waals surface area (Å²) in [7, 11) is 0. The van der Waals surface area contributed by atoms with Crippen molar-refractivity contribution in [1.29, 1.82) is 0 Å². The van der Waals surface area contributed by atoms with Crippen LogP contribution in [-0.4, -0.2) is 49.3 Å². The van der Waals surface area contributed by atoms with Gasteiger partial charge in [0.05, 0.1) is 6.10 Å². The van der Waals surface area contributed by atoms with Crippen molar-refractivity contribution in [1.82, 2.24) is 10.2 Å².